The van der Waals surface area contributed by atoms with Crippen LogP contribution in [0, 0.1) is 0 Å². The van der Waals surface area contributed by atoms with Gasteiger partial charge in [0.2, 0.25) is 0 Å². The topological polar surface area (TPSA) is 44.1 Å². The van der Waals surface area contributed by atoms with Gasteiger partial charge in [0, 0.05) is 11.1 Å². The average Bonchev–Trinajstić information content (AvgIpc) is 2.57. The number of ether oxygens (including phenoxy) is 1. The predicted molar refractivity (Wildman–Crippen MR) is 110 cm³/mol. The molecule has 0 amide bonds. The van der Waals surface area contributed by atoms with Crippen LogP contribution in [0.3, 0.4) is 0 Å². The Hall–Kier alpha value is -1.40. The second-order valence-corrected chi connectivity index (χ2v) is 7.83. The third kappa shape index (κ3) is 3.67. The zero-order valence-electron chi connectivity index (χ0n) is 14.2. The smallest absolute Gasteiger partial charge is 0.266 e. The lowest BCUT2D eigenvalue weighted by atomic mass is 10.2. The molecule has 1 aromatic heterocycles. The predicted octanol–water partition coefficient (Wildman–Crippen LogP) is 5.86. The van der Waals surface area contributed by atoms with Gasteiger partial charge in [-0.3, -0.25) is 9.36 Å². The highest BCUT2D eigenvalue weighted by Gasteiger charge is 2.18. The zero-order valence-corrected chi connectivity index (χ0v) is 17.3. The van der Waals surface area contributed by atoms with E-state index in [4.69, 9.17) is 39.5 Å². The second kappa shape index (κ2) is 7.69. The number of hydrogen-bond acceptors (Lipinski definition) is 4. The van der Waals surface area contributed by atoms with Crippen LogP contribution in [0.5, 0.6) is 5.75 Å². The molecule has 0 unspecified atom stereocenters. The quantitative estimate of drug-likeness (QED) is 0.385. The van der Waals surface area contributed by atoms with Gasteiger partial charge in [-0.25, -0.2) is 4.98 Å². The maximum atomic E-state index is 13.1. The van der Waals surface area contributed by atoms with Crippen LogP contribution in [0.15, 0.2) is 40.3 Å². The van der Waals surface area contributed by atoms with Crippen LogP contribution in [-0.2, 0) is 0 Å². The third-order valence-corrected chi connectivity index (χ3v) is 5.06. The minimum Gasteiger partial charge on any atom is -0.489 e. The van der Waals surface area contributed by atoms with Crippen molar-refractivity contribution in [2.45, 2.75) is 25.1 Å². The van der Waals surface area contributed by atoms with Crippen molar-refractivity contribution in [1.82, 2.24) is 9.55 Å². The highest BCUT2D eigenvalue weighted by atomic mass is 35.5. The molecule has 3 aromatic rings. The number of benzene rings is 2. The third-order valence-electron chi connectivity index (χ3n) is 3.59. The summed E-state index contributed by atoms with van der Waals surface area (Å²) in [5.41, 5.74) is 0.757. The Balaban J connectivity index is 2.33. The lowest BCUT2D eigenvalue weighted by Gasteiger charge is -2.17. The SMILES string of the molecule is CSc1nc2cc(Cl)ccc2c(=O)n1-c1cc(OC(C)C)c(Cl)cc1Cl. The van der Waals surface area contributed by atoms with Gasteiger partial charge in [0.25, 0.3) is 5.56 Å². The number of halogens is 3. The first kappa shape index (κ1) is 19.4. The van der Waals surface area contributed by atoms with Gasteiger partial charge >= 0.3 is 0 Å². The van der Waals surface area contributed by atoms with Gasteiger partial charge < -0.3 is 4.74 Å². The number of nitrogens with zero attached hydrogens (tertiary/aromatic N) is 2. The molecule has 0 saturated heterocycles. The van der Waals surface area contributed by atoms with Gasteiger partial charge in [-0.05, 0) is 44.4 Å². The van der Waals surface area contributed by atoms with Gasteiger partial charge in [0.05, 0.1) is 32.7 Å². The summed E-state index contributed by atoms with van der Waals surface area (Å²) in [5, 5.41) is 2.17. The normalized spacial score (nSPS) is 11.3. The lowest BCUT2D eigenvalue weighted by molar-refractivity contribution is 0.242. The molecule has 136 valence electrons. The minimum atomic E-state index is -0.240. The fraction of sp³-hybridized carbons (Fsp3) is 0.222. The van der Waals surface area contributed by atoms with Crippen molar-refractivity contribution < 1.29 is 4.74 Å². The maximum absolute atomic E-state index is 13.1. The second-order valence-electron chi connectivity index (χ2n) is 5.80. The molecule has 0 spiro atoms. The Morgan fingerprint density at radius 2 is 1.85 bits per heavy atom. The molecule has 8 heteroatoms. The Morgan fingerprint density at radius 3 is 2.50 bits per heavy atom. The molecule has 2 aromatic carbocycles. The molecule has 0 bridgehead atoms. The highest BCUT2D eigenvalue weighted by molar-refractivity contribution is 7.98. The summed E-state index contributed by atoms with van der Waals surface area (Å²) in [6.07, 6.45) is 1.76. The molecule has 0 radical (unpaired) electrons. The van der Waals surface area contributed by atoms with E-state index in [0.717, 1.165) is 0 Å². The van der Waals surface area contributed by atoms with E-state index in [1.165, 1.54) is 16.3 Å². The summed E-state index contributed by atoms with van der Waals surface area (Å²) in [4.78, 5) is 17.7. The fourth-order valence-corrected chi connectivity index (χ4v) is 3.75. The summed E-state index contributed by atoms with van der Waals surface area (Å²) in [6, 6.07) is 8.21. The molecule has 0 atom stereocenters. The Bertz CT molecular complexity index is 1050. The van der Waals surface area contributed by atoms with Crippen LogP contribution in [0.25, 0.3) is 16.6 Å². The standard InChI is InChI=1S/C18H15Cl3N2O2S/c1-9(2)25-16-8-15(12(20)7-13(16)21)23-17(24)11-5-4-10(19)6-14(11)22-18(23)26-3/h4-9H,1-3H3. The number of fused-ring (bicyclic) bond motifs is 1. The van der Waals surface area contributed by atoms with Crippen LogP contribution in [-0.4, -0.2) is 21.9 Å². The molecule has 0 fully saturated rings. The van der Waals surface area contributed by atoms with E-state index in [0.29, 0.717) is 42.6 Å². The summed E-state index contributed by atoms with van der Waals surface area (Å²) >= 11 is 20.0. The summed E-state index contributed by atoms with van der Waals surface area (Å²) in [5.74, 6) is 0.455. The van der Waals surface area contributed by atoms with E-state index in [2.05, 4.69) is 4.98 Å². The zero-order chi connectivity index (χ0) is 19.0. The molecular formula is C18H15Cl3N2O2S. The molecule has 0 saturated carbocycles. The molecule has 26 heavy (non-hydrogen) atoms. The van der Waals surface area contributed by atoms with E-state index in [-0.39, 0.29) is 11.7 Å². The number of hydrogen-bond donors (Lipinski definition) is 0. The first-order valence-electron chi connectivity index (χ1n) is 7.74. The van der Waals surface area contributed by atoms with E-state index in [1.54, 1.807) is 30.3 Å². The highest BCUT2D eigenvalue weighted by Crippen LogP contribution is 2.35. The number of thioether (sulfide) groups is 1. The van der Waals surface area contributed by atoms with Crippen molar-refractivity contribution >= 4 is 57.5 Å². The Labute approximate surface area is 170 Å². The van der Waals surface area contributed by atoms with Gasteiger partial charge in [0.1, 0.15) is 5.75 Å². The first-order valence-corrected chi connectivity index (χ1v) is 10.1. The molecule has 3 rings (SSSR count). The van der Waals surface area contributed by atoms with Crippen LogP contribution in [0.2, 0.25) is 15.1 Å². The molecule has 4 nitrogen and oxygen atoms in total. The minimum absolute atomic E-state index is 0.0739. The van der Waals surface area contributed by atoms with Crippen LogP contribution in [0.1, 0.15) is 13.8 Å². The van der Waals surface area contributed by atoms with E-state index >= 15 is 0 Å². The van der Waals surface area contributed by atoms with Crippen LogP contribution in [0.4, 0.5) is 0 Å². The van der Waals surface area contributed by atoms with Crippen molar-refractivity contribution in [3.8, 4) is 11.4 Å². The van der Waals surface area contributed by atoms with Gasteiger partial charge in [-0.2, -0.15) is 0 Å². The van der Waals surface area contributed by atoms with Crippen molar-refractivity contribution in [3.05, 3.63) is 55.8 Å². The largest absolute Gasteiger partial charge is 0.489 e. The van der Waals surface area contributed by atoms with Crippen molar-refractivity contribution in [3.63, 3.8) is 0 Å². The van der Waals surface area contributed by atoms with Crippen molar-refractivity contribution in [1.29, 1.82) is 0 Å². The fourth-order valence-electron chi connectivity index (χ4n) is 2.52. The van der Waals surface area contributed by atoms with Crippen LogP contribution < -0.4 is 10.3 Å². The molecule has 0 aliphatic rings. The van der Waals surface area contributed by atoms with E-state index < -0.39 is 0 Å². The van der Waals surface area contributed by atoms with Gasteiger partial charge in [-0.1, -0.05) is 46.6 Å². The lowest BCUT2D eigenvalue weighted by Crippen LogP contribution is -2.22. The van der Waals surface area contributed by atoms with Crippen molar-refractivity contribution in [2.24, 2.45) is 0 Å². The van der Waals surface area contributed by atoms with E-state index in [9.17, 15) is 4.79 Å². The molecule has 0 aliphatic carbocycles. The number of rotatable bonds is 4. The average molecular weight is 430 g/mol. The summed E-state index contributed by atoms with van der Waals surface area (Å²) < 4.78 is 7.19. The number of aromatic nitrogens is 2. The monoisotopic (exact) mass is 428 g/mol. The summed E-state index contributed by atoms with van der Waals surface area (Å²) in [6.45, 7) is 3.79. The van der Waals surface area contributed by atoms with Gasteiger partial charge in [0.15, 0.2) is 5.16 Å². The summed E-state index contributed by atoms with van der Waals surface area (Å²) in [7, 11) is 0. The Kier molecular flexibility index (Phi) is 5.72. The van der Waals surface area contributed by atoms with Crippen molar-refractivity contribution in [2.75, 3.05) is 6.26 Å². The molecule has 0 N–H and O–H groups in total. The molecule has 0 aliphatic heterocycles. The first-order chi connectivity index (χ1) is 12.3. The van der Waals surface area contributed by atoms with Gasteiger partial charge in [-0.15, -0.1) is 0 Å². The molecule has 1 heterocycles. The van der Waals surface area contributed by atoms with E-state index in [1.807, 2.05) is 20.1 Å². The van der Waals surface area contributed by atoms with Crippen LogP contribution >= 0.6 is 46.6 Å². The molecular weight excluding hydrogens is 415 g/mol. The maximum Gasteiger partial charge on any atom is 0.266 e. The Morgan fingerprint density at radius 1 is 1.12 bits per heavy atom.